The minimum Gasteiger partial charge on any atom is -0.494 e. The van der Waals surface area contributed by atoms with Crippen molar-refractivity contribution in [2.24, 2.45) is 0 Å². The second-order valence-corrected chi connectivity index (χ2v) is 6.17. The average Bonchev–Trinajstić information content (AvgIpc) is 3.06. The van der Waals surface area contributed by atoms with Crippen molar-refractivity contribution in [2.45, 2.75) is 12.8 Å². The number of benzene rings is 1. The predicted octanol–water partition coefficient (Wildman–Crippen LogP) is 1.82. The summed E-state index contributed by atoms with van der Waals surface area (Å²) in [6.07, 6.45) is 4.48. The topological polar surface area (TPSA) is 115 Å². The van der Waals surface area contributed by atoms with Gasteiger partial charge in [-0.3, -0.25) is 9.55 Å². The summed E-state index contributed by atoms with van der Waals surface area (Å²) in [4.78, 5) is 19.7. The van der Waals surface area contributed by atoms with Gasteiger partial charge in [0, 0.05) is 24.3 Å². The molecule has 144 valence electrons. The van der Waals surface area contributed by atoms with Gasteiger partial charge in [0.05, 0.1) is 31.1 Å². The molecular weight excluding hydrogens is 362 g/mol. The fourth-order valence-corrected chi connectivity index (χ4v) is 3.08. The Morgan fingerprint density at radius 3 is 2.93 bits per heavy atom. The first kappa shape index (κ1) is 17.9. The van der Waals surface area contributed by atoms with E-state index < -0.39 is 0 Å². The van der Waals surface area contributed by atoms with Gasteiger partial charge >= 0.3 is 5.69 Å². The van der Waals surface area contributed by atoms with Crippen LogP contribution in [-0.2, 0) is 0 Å². The summed E-state index contributed by atoms with van der Waals surface area (Å²) < 4.78 is 12.7. The van der Waals surface area contributed by atoms with Crippen LogP contribution in [0.15, 0.2) is 41.5 Å². The van der Waals surface area contributed by atoms with Crippen LogP contribution < -0.4 is 15.2 Å². The molecule has 0 radical (unpaired) electrons. The van der Waals surface area contributed by atoms with Gasteiger partial charge in [-0.25, -0.2) is 9.78 Å². The van der Waals surface area contributed by atoms with Gasteiger partial charge in [-0.15, -0.1) is 0 Å². The molecule has 0 bridgehead atoms. The van der Waals surface area contributed by atoms with Gasteiger partial charge in [0.15, 0.2) is 5.65 Å². The Hall–Kier alpha value is -3.46. The third kappa shape index (κ3) is 3.16. The zero-order valence-corrected chi connectivity index (χ0v) is 15.3. The number of ether oxygens (including phenoxy) is 2. The molecule has 0 spiro atoms. The number of hydrogen-bond acceptors (Lipinski definition) is 7. The third-order valence-electron chi connectivity index (χ3n) is 4.41. The smallest absolute Gasteiger partial charge is 0.332 e. The van der Waals surface area contributed by atoms with E-state index in [-0.39, 0.29) is 12.3 Å². The highest BCUT2D eigenvalue weighted by molar-refractivity contribution is 5.87. The highest BCUT2D eigenvalue weighted by atomic mass is 16.5. The van der Waals surface area contributed by atoms with Crippen LogP contribution in [0.4, 0.5) is 0 Å². The van der Waals surface area contributed by atoms with Crippen molar-refractivity contribution in [3.8, 4) is 17.2 Å². The molecule has 9 nitrogen and oxygen atoms in total. The Labute approximate surface area is 159 Å². The summed E-state index contributed by atoms with van der Waals surface area (Å²) in [7, 11) is 1.56. The summed E-state index contributed by atoms with van der Waals surface area (Å²) >= 11 is 0. The van der Waals surface area contributed by atoms with Crippen molar-refractivity contribution in [3.05, 3.63) is 47.1 Å². The quantitative estimate of drug-likeness (QED) is 0.469. The largest absolute Gasteiger partial charge is 0.494 e. The van der Waals surface area contributed by atoms with Crippen LogP contribution in [0.25, 0.3) is 27.8 Å². The van der Waals surface area contributed by atoms with E-state index in [1.54, 1.807) is 31.5 Å². The molecule has 4 aromatic rings. The SMILES string of the molecule is COc1cnnc2ccc(-n3c(=O)[nH]c4nccc(OCCCCO)c43)cc12. The monoisotopic (exact) mass is 381 g/mol. The molecule has 0 fully saturated rings. The van der Waals surface area contributed by atoms with Crippen molar-refractivity contribution in [1.29, 1.82) is 0 Å². The van der Waals surface area contributed by atoms with E-state index in [2.05, 4.69) is 20.2 Å². The minimum atomic E-state index is -0.325. The number of nitrogens with one attached hydrogen (secondary N) is 1. The molecule has 0 aliphatic carbocycles. The summed E-state index contributed by atoms with van der Waals surface area (Å²) in [5.74, 6) is 1.11. The molecule has 9 heteroatoms. The van der Waals surface area contributed by atoms with Gasteiger partial charge in [-0.1, -0.05) is 0 Å². The first-order chi connectivity index (χ1) is 13.7. The molecule has 1 aromatic carbocycles. The Morgan fingerprint density at radius 1 is 1.21 bits per heavy atom. The standard InChI is InChI=1S/C19H19N5O4/c1-27-16-11-21-23-14-5-4-12(10-13(14)16)24-17-15(28-9-3-2-8-25)6-7-20-18(17)22-19(24)26/h4-7,10-11,25H,2-3,8-9H2,1H3,(H,20,22,26). The first-order valence-electron chi connectivity index (χ1n) is 8.86. The van der Waals surface area contributed by atoms with E-state index in [1.165, 1.54) is 10.8 Å². The van der Waals surface area contributed by atoms with Gasteiger partial charge in [-0.2, -0.15) is 10.2 Å². The minimum absolute atomic E-state index is 0.117. The maximum absolute atomic E-state index is 12.7. The zero-order chi connectivity index (χ0) is 19.5. The third-order valence-corrected chi connectivity index (χ3v) is 4.41. The van der Waals surface area contributed by atoms with Crippen molar-refractivity contribution in [2.75, 3.05) is 20.3 Å². The van der Waals surface area contributed by atoms with Gasteiger partial charge in [-0.05, 0) is 31.0 Å². The van der Waals surface area contributed by atoms with Crippen LogP contribution >= 0.6 is 0 Å². The van der Waals surface area contributed by atoms with E-state index in [0.717, 1.165) is 5.39 Å². The number of aliphatic hydroxyl groups excluding tert-OH is 1. The molecule has 2 N–H and O–H groups in total. The lowest BCUT2D eigenvalue weighted by molar-refractivity contribution is 0.254. The summed E-state index contributed by atoms with van der Waals surface area (Å²) in [5, 5.41) is 17.7. The molecule has 0 saturated heterocycles. The average molecular weight is 381 g/mol. The first-order valence-corrected chi connectivity index (χ1v) is 8.86. The number of aromatic nitrogens is 5. The summed E-state index contributed by atoms with van der Waals surface area (Å²) in [6.45, 7) is 0.548. The molecule has 0 atom stereocenters. The maximum atomic E-state index is 12.7. The number of unbranched alkanes of at least 4 members (excludes halogenated alkanes) is 1. The number of hydrogen-bond donors (Lipinski definition) is 2. The number of aliphatic hydroxyl groups is 1. The van der Waals surface area contributed by atoms with Crippen molar-refractivity contribution < 1.29 is 14.6 Å². The number of H-pyrrole nitrogens is 1. The predicted molar refractivity (Wildman–Crippen MR) is 103 cm³/mol. The molecule has 0 saturated carbocycles. The number of fused-ring (bicyclic) bond motifs is 2. The number of imidazole rings is 1. The Balaban J connectivity index is 1.85. The lowest BCUT2D eigenvalue weighted by Gasteiger charge is -2.11. The van der Waals surface area contributed by atoms with Gasteiger partial charge < -0.3 is 14.6 Å². The van der Waals surface area contributed by atoms with E-state index >= 15 is 0 Å². The molecule has 0 unspecified atom stereocenters. The molecule has 0 amide bonds. The van der Waals surface area contributed by atoms with Gasteiger partial charge in [0.25, 0.3) is 0 Å². The fraction of sp³-hybridized carbons (Fsp3) is 0.263. The lowest BCUT2D eigenvalue weighted by atomic mass is 10.2. The Kier molecular flexibility index (Phi) is 4.90. The highest BCUT2D eigenvalue weighted by Gasteiger charge is 2.16. The van der Waals surface area contributed by atoms with Gasteiger partial charge in [0.1, 0.15) is 17.0 Å². The van der Waals surface area contributed by atoms with Gasteiger partial charge in [0.2, 0.25) is 0 Å². The van der Waals surface area contributed by atoms with Crippen molar-refractivity contribution >= 4 is 22.1 Å². The maximum Gasteiger partial charge on any atom is 0.332 e. The van der Waals surface area contributed by atoms with E-state index in [1.807, 2.05) is 6.07 Å². The zero-order valence-electron chi connectivity index (χ0n) is 15.3. The number of pyridine rings is 1. The second kappa shape index (κ2) is 7.65. The molecule has 3 aromatic heterocycles. The van der Waals surface area contributed by atoms with Crippen LogP contribution in [0.5, 0.6) is 11.5 Å². The summed E-state index contributed by atoms with van der Waals surface area (Å²) in [5.41, 5.74) is 1.95. The Morgan fingerprint density at radius 2 is 2.11 bits per heavy atom. The molecule has 0 aliphatic heterocycles. The molecule has 3 heterocycles. The fourth-order valence-electron chi connectivity index (χ4n) is 3.08. The molecule has 0 aliphatic rings. The number of aromatic amines is 1. The normalized spacial score (nSPS) is 11.2. The van der Waals surface area contributed by atoms with Crippen molar-refractivity contribution in [3.63, 3.8) is 0 Å². The van der Waals surface area contributed by atoms with E-state index in [4.69, 9.17) is 14.6 Å². The lowest BCUT2D eigenvalue weighted by Crippen LogP contribution is -2.15. The molecule has 28 heavy (non-hydrogen) atoms. The van der Waals surface area contributed by atoms with Crippen LogP contribution in [0, 0.1) is 0 Å². The molecule has 4 rings (SSSR count). The number of methoxy groups -OCH3 is 1. The number of nitrogens with zero attached hydrogens (tertiary/aromatic N) is 4. The van der Waals surface area contributed by atoms with Crippen LogP contribution in [0.2, 0.25) is 0 Å². The van der Waals surface area contributed by atoms with Crippen molar-refractivity contribution in [1.82, 2.24) is 24.7 Å². The Bertz CT molecular complexity index is 1180. The van der Waals surface area contributed by atoms with E-state index in [0.29, 0.717) is 53.3 Å². The second-order valence-electron chi connectivity index (χ2n) is 6.17. The number of rotatable bonds is 7. The van der Waals surface area contributed by atoms with Crippen LogP contribution in [0.1, 0.15) is 12.8 Å². The van der Waals surface area contributed by atoms with Crippen LogP contribution in [-0.4, -0.2) is 50.2 Å². The highest BCUT2D eigenvalue weighted by Crippen LogP contribution is 2.28. The summed E-state index contributed by atoms with van der Waals surface area (Å²) in [6, 6.07) is 7.11. The van der Waals surface area contributed by atoms with E-state index in [9.17, 15) is 4.79 Å². The van der Waals surface area contributed by atoms with Crippen LogP contribution in [0.3, 0.4) is 0 Å². The molecular formula is C19H19N5O4.